The third kappa shape index (κ3) is 4.80. The van der Waals surface area contributed by atoms with Gasteiger partial charge in [0, 0.05) is 48.9 Å². The van der Waals surface area contributed by atoms with Crippen molar-refractivity contribution in [3.63, 3.8) is 0 Å². The summed E-state index contributed by atoms with van der Waals surface area (Å²) in [7, 11) is 1.65. The van der Waals surface area contributed by atoms with Gasteiger partial charge in [-0.25, -0.2) is 9.79 Å². The minimum absolute atomic E-state index is 0.172. The van der Waals surface area contributed by atoms with E-state index in [1.54, 1.807) is 12.0 Å². The number of urea groups is 1. The van der Waals surface area contributed by atoms with Crippen LogP contribution in [0.3, 0.4) is 0 Å². The van der Waals surface area contributed by atoms with Crippen LogP contribution in [0.2, 0.25) is 0 Å². The summed E-state index contributed by atoms with van der Waals surface area (Å²) in [6.45, 7) is 8.17. The highest BCUT2D eigenvalue weighted by Gasteiger charge is 2.31. The summed E-state index contributed by atoms with van der Waals surface area (Å²) in [4.78, 5) is 19.3. The van der Waals surface area contributed by atoms with E-state index in [-0.39, 0.29) is 6.03 Å². The van der Waals surface area contributed by atoms with E-state index in [2.05, 4.69) is 30.5 Å². The molecule has 8 heteroatoms. The Labute approximate surface area is 189 Å². The zero-order valence-corrected chi connectivity index (χ0v) is 19.4. The van der Waals surface area contributed by atoms with Crippen molar-refractivity contribution in [2.75, 3.05) is 20.2 Å². The summed E-state index contributed by atoms with van der Waals surface area (Å²) in [5, 5.41) is 17.6. The molecule has 1 aromatic carbocycles. The Hall–Kier alpha value is -2.87. The fourth-order valence-corrected chi connectivity index (χ4v) is 4.16. The highest BCUT2D eigenvalue weighted by molar-refractivity contribution is 6.04. The predicted molar refractivity (Wildman–Crippen MR) is 124 cm³/mol. The second-order valence-electron chi connectivity index (χ2n) is 9.47. The number of fused-ring (bicyclic) bond motifs is 1. The van der Waals surface area contributed by atoms with Crippen LogP contribution in [0.15, 0.2) is 29.5 Å². The molecule has 0 bridgehead atoms. The third-order valence-corrected chi connectivity index (χ3v) is 6.31. The van der Waals surface area contributed by atoms with Crippen molar-refractivity contribution in [3.05, 3.63) is 30.1 Å². The molecule has 1 fully saturated rings. The first-order chi connectivity index (χ1) is 15.3. The van der Waals surface area contributed by atoms with Crippen molar-refractivity contribution in [2.45, 2.75) is 58.6 Å². The Morgan fingerprint density at radius 2 is 2.06 bits per heavy atom. The first kappa shape index (κ1) is 22.3. The van der Waals surface area contributed by atoms with E-state index in [1.807, 2.05) is 29.9 Å². The van der Waals surface area contributed by atoms with Gasteiger partial charge in [-0.2, -0.15) is 5.10 Å². The minimum Gasteiger partial charge on any atom is -0.496 e. The Morgan fingerprint density at radius 3 is 2.75 bits per heavy atom. The summed E-state index contributed by atoms with van der Waals surface area (Å²) in [5.41, 5.74) is 3.08. The highest BCUT2D eigenvalue weighted by Crippen LogP contribution is 2.42. The molecule has 2 aliphatic heterocycles. The summed E-state index contributed by atoms with van der Waals surface area (Å²) < 4.78 is 7.54. The van der Waals surface area contributed by atoms with E-state index in [0.717, 1.165) is 41.1 Å². The van der Waals surface area contributed by atoms with E-state index >= 15 is 0 Å². The van der Waals surface area contributed by atoms with Crippen LogP contribution in [0.4, 0.5) is 10.5 Å². The van der Waals surface area contributed by atoms with Crippen molar-refractivity contribution in [1.82, 2.24) is 20.0 Å². The molecule has 2 aliphatic rings. The lowest BCUT2D eigenvalue weighted by atomic mass is 9.94. The van der Waals surface area contributed by atoms with Crippen LogP contribution >= 0.6 is 0 Å². The van der Waals surface area contributed by atoms with Gasteiger partial charge in [0.05, 0.1) is 24.6 Å². The Kier molecular flexibility index (Phi) is 6.24. The van der Waals surface area contributed by atoms with Crippen LogP contribution in [-0.2, 0) is 13.0 Å². The van der Waals surface area contributed by atoms with E-state index in [9.17, 15) is 9.90 Å². The molecule has 1 saturated heterocycles. The zero-order valence-electron chi connectivity index (χ0n) is 19.4. The maximum atomic E-state index is 12.8. The van der Waals surface area contributed by atoms with Gasteiger partial charge < -0.3 is 14.7 Å². The number of piperidine rings is 1. The molecule has 2 aromatic rings. The van der Waals surface area contributed by atoms with Crippen LogP contribution < -0.4 is 10.1 Å². The van der Waals surface area contributed by atoms with Crippen LogP contribution in [-0.4, -0.2) is 57.5 Å². The van der Waals surface area contributed by atoms with Gasteiger partial charge in [-0.1, -0.05) is 13.8 Å². The third-order valence-electron chi connectivity index (χ3n) is 6.31. The predicted octanol–water partition coefficient (Wildman–Crippen LogP) is 3.75. The van der Waals surface area contributed by atoms with Gasteiger partial charge in [0.25, 0.3) is 0 Å². The largest absolute Gasteiger partial charge is 0.496 e. The van der Waals surface area contributed by atoms with Crippen molar-refractivity contribution in [2.24, 2.45) is 10.9 Å². The van der Waals surface area contributed by atoms with Crippen LogP contribution in [0.25, 0.3) is 11.1 Å². The molecule has 172 valence electrons. The van der Waals surface area contributed by atoms with E-state index in [4.69, 9.17) is 9.73 Å². The number of carbonyl (C=O) groups is 1. The van der Waals surface area contributed by atoms with Gasteiger partial charge in [0.2, 0.25) is 0 Å². The molecule has 32 heavy (non-hydrogen) atoms. The highest BCUT2D eigenvalue weighted by atomic mass is 16.5. The van der Waals surface area contributed by atoms with E-state index in [1.165, 1.54) is 0 Å². The number of amidine groups is 1. The van der Waals surface area contributed by atoms with Gasteiger partial charge in [-0.15, -0.1) is 0 Å². The van der Waals surface area contributed by atoms with Crippen LogP contribution in [0.1, 0.15) is 45.6 Å². The van der Waals surface area contributed by atoms with Gasteiger partial charge in [-0.05, 0) is 44.2 Å². The molecule has 1 aromatic heterocycles. The summed E-state index contributed by atoms with van der Waals surface area (Å²) in [6.07, 6.45) is 6.65. The SMILES string of the molecule is COc1ccc(-c2cnn(CCC(C)C)c2)c2c1CC(NC(=O)N1CCC(C)(O)CC1)=N2. The monoisotopic (exact) mass is 439 g/mol. The fraction of sp³-hybridized carbons (Fsp3) is 0.542. The Morgan fingerprint density at radius 1 is 1.31 bits per heavy atom. The van der Waals surface area contributed by atoms with E-state index in [0.29, 0.717) is 44.1 Å². The number of amides is 2. The lowest BCUT2D eigenvalue weighted by Gasteiger charge is -2.35. The van der Waals surface area contributed by atoms with Crippen LogP contribution in [0.5, 0.6) is 5.75 Å². The number of hydrogen-bond acceptors (Lipinski definition) is 5. The molecule has 0 saturated carbocycles. The quantitative estimate of drug-likeness (QED) is 0.742. The van der Waals surface area contributed by atoms with Gasteiger partial charge >= 0.3 is 6.03 Å². The first-order valence-electron chi connectivity index (χ1n) is 11.3. The summed E-state index contributed by atoms with van der Waals surface area (Å²) in [6, 6.07) is 3.78. The van der Waals surface area contributed by atoms with Gasteiger partial charge in [0.1, 0.15) is 11.6 Å². The molecule has 8 nitrogen and oxygen atoms in total. The second kappa shape index (κ2) is 8.94. The molecule has 0 radical (unpaired) electrons. The summed E-state index contributed by atoms with van der Waals surface area (Å²) >= 11 is 0. The van der Waals surface area contributed by atoms with Crippen molar-refractivity contribution in [3.8, 4) is 16.9 Å². The topological polar surface area (TPSA) is 92.0 Å². The number of nitrogens with zero attached hydrogens (tertiary/aromatic N) is 4. The first-order valence-corrected chi connectivity index (χ1v) is 11.3. The number of carbonyl (C=O) groups excluding carboxylic acids is 1. The number of aryl methyl sites for hydroxylation is 1. The number of aliphatic imine (C=N–C) groups is 1. The minimum atomic E-state index is -0.695. The standard InChI is InChI=1S/C24H33N5O3/c1-16(2)7-10-29-15-17(14-25-29)18-5-6-20(32-4)19-13-21(26-22(18)19)27-23(30)28-11-8-24(3,31)9-12-28/h5-6,14-16,31H,7-13H2,1-4H3,(H,26,27,30). The molecular formula is C24H33N5O3. The maximum absolute atomic E-state index is 12.8. The molecule has 0 aliphatic carbocycles. The fourth-order valence-electron chi connectivity index (χ4n) is 4.16. The van der Waals surface area contributed by atoms with Crippen LogP contribution in [0, 0.1) is 5.92 Å². The molecule has 0 unspecified atom stereocenters. The average molecular weight is 440 g/mol. The molecule has 0 spiro atoms. The molecule has 2 amide bonds. The number of likely N-dealkylation sites (tertiary alicyclic amines) is 1. The lowest BCUT2D eigenvalue weighted by Crippen LogP contribution is -2.50. The lowest BCUT2D eigenvalue weighted by molar-refractivity contribution is 0.00483. The number of hydrogen-bond donors (Lipinski definition) is 2. The number of methoxy groups -OCH3 is 1. The van der Waals surface area contributed by atoms with Gasteiger partial charge in [-0.3, -0.25) is 10.00 Å². The number of nitrogens with one attached hydrogen (secondary N) is 1. The second-order valence-corrected chi connectivity index (χ2v) is 9.47. The molecule has 4 rings (SSSR count). The Balaban J connectivity index is 1.53. The maximum Gasteiger partial charge on any atom is 0.322 e. The molecule has 0 atom stereocenters. The zero-order chi connectivity index (χ0) is 22.9. The molecule has 3 heterocycles. The van der Waals surface area contributed by atoms with Gasteiger partial charge in [0.15, 0.2) is 0 Å². The smallest absolute Gasteiger partial charge is 0.322 e. The van der Waals surface area contributed by atoms with Crippen molar-refractivity contribution < 1.29 is 14.6 Å². The summed E-state index contributed by atoms with van der Waals surface area (Å²) in [5.74, 6) is 1.99. The van der Waals surface area contributed by atoms with Crippen molar-refractivity contribution in [1.29, 1.82) is 0 Å². The number of rotatable bonds is 5. The van der Waals surface area contributed by atoms with E-state index < -0.39 is 5.60 Å². The Bertz CT molecular complexity index is 1010. The molecular weight excluding hydrogens is 406 g/mol. The number of aliphatic hydroxyl groups is 1. The number of aromatic nitrogens is 2. The van der Waals surface area contributed by atoms with Crippen molar-refractivity contribution >= 4 is 17.6 Å². The molecule has 2 N–H and O–H groups in total. The average Bonchev–Trinajstić information content (AvgIpc) is 3.38. The number of benzene rings is 1. The normalized spacial score (nSPS) is 17.3. The number of ether oxygens (including phenoxy) is 1.